The van der Waals surface area contributed by atoms with E-state index in [9.17, 15) is 13.2 Å². The third-order valence-corrected chi connectivity index (χ3v) is 3.44. The molecule has 1 rings (SSSR count). The van der Waals surface area contributed by atoms with Gasteiger partial charge in [-0.25, -0.2) is 0 Å². The molecule has 0 heterocycles. The van der Waals surface area contributed by atoms with Crippen LogP contribution in [0.25, 0.3) is 0 Å². The number of benzene rings is 1. The van der Waals surface area contributed by atoms with Crippen LogP contribution in [0.4, 0.5) is 13.2 Å². The highest BCUT2D eigenvalue weighted by atomic mass is 19.4. The van der Waals surface area contributed by atoms with Gasteiger partial charge in [0.05, 0.1) is 6.54 Å². The lowest BCUT2D eigenvalue weighted by molar-refractivity contribution is -0.150. The molecule has 0 saturated heterocycles. The molecule has 0 bridgehead atoms. The molecule has 0 aromatic heterocycles. The van der Waals surface area contributed by atoms with Crippen LogP contribution in [0.3, 0.4) is 0 Å². The van der Waals surface area contributed by atoms with E-state index in [0.29, 0.717) is 6.54 Å². The third kappa shape index (κ3) is 5.13. The maximum absolute atomic E-state index is 12.6. The highest BCUT2D eigenvalue weighted by Gasteiger charge is 2.32. The van der Waals surface area contributed by atoms with E-state index in [1.165, 1.54) is 4.90 Å². The van der Waals surface area contributed by atoms with E-state index in [0.717, 1.165) is 11.1 Å². The zero-order valence-electron chi connectivity index (χ0n) is 12.5. The summed E-state index contributed by atoms with van der Waals surface area (Å²) in [4.78, 5) is 1.45. The van der Waals surface area contributed by atoms with Gasteiger partial charge in [-0.2, -0.15) is 13.2 Å². The van der Waals surface area contributed by atoms with E-state index >= 15 is 0 Å². The summed E-state index contributed by atoms with van der Waals surface area (Å²) >= 11 is 0. The summed E-state index contributed by atoms with van der Waals surface area (Å²) < 4.78 is 37.9. The van der Waals surface area contributed by atoms with Gasteiger partial charge in [0.1, 0.15) is 0 Å². The molecule has 1 atom stereocenters. The maximum atomic E-state index is 12.6. The predicted octanol–water partition coefficient (Wildman–Crippen LogP) is 3.53. The van der Waals surface area contributed by atoms with E-state index in [1.807, 2.05) is 31.2 Å². The highest BCUT2D eigenvalue weighted by Crippen LogP contribution is 2.23. The smallest absolute Gasteiger partial charge is 0.312 e. The predicted molar refractivity (Wildman–Crippen MR) is 75.7 cm³/mol. The second kappa shape index (κ2) is 7.09. The molecular formula is C15H23F3N2. The van der Waals surface area contributed by atoms with Crippen molar-refractivity contribution in [1.29, 1.82) is 0 Å². The summed E-state index contributed by atoms with van der Waals surface area (Å²) in [5.41, 5.74) is 2.13. The summed E-state index contributed by atoms with van der Waals surface area (Å²) in [5, 5.41) is 3.12. The van der Waals surface area contributed by atoms with Crippen molar-refractivity contribution in [2.75, 3.05) is 20.1 Å². The van der Waals surface area contributed by atoms with Crippen molar-refractivity contribution >= 4 is 0 Å². The van der Waals surface area contributed by atoms with Crippen LogP contribution in [0, 0.1) is 6.92 Å². The van der Waals surface area contributed by atoms with Gasteiger partial charge in [0.2, 0.25) is 0 Å². The van der Waals surface area contributed by atoms with Crippen molar-refractivity contribution in [2.45, 2.75) is 39.0 Å². The first-order valence-electron chi connectivity index (χ1n) is 6.78. The number of nitrogens with zero attached hydrogens (tertiary/aromatic N) is 1. The first-order chi connectivity index (χ1) is 9.24. The molecule has 20 heavy (non-hydrogen) atoms. The summed E-state index contributed by atoms with van der Waals surface area (Å²) in [6, 6.07) is 7.51. The molecule has 0 aliphatic heterocycles. The zero-order chi connectivity index (χ0) is 15.3. The topological polar surface area (TPSA) is 15.3 Å². The van der Waals surface area contributed by atoms with Crippen molar-refractivity contribution < 1.29 is 13.2 Å². The third-order valence-electron chi connectivity index (χ3n) is 3.44. The van der Waals surface area contributed by atoms with Crippen LogP contribution >= 0.6 is 0 Å². The van der Waals surface area contributed by atoms with E-state index in [2.05, 4.69) is 5.32 Å². The maximum Gasteiger partial charge on any atom is 0.401 e. The first kappa shape index (κ1) is 17.0. The number of halogens is 3. The van der Waals surface area contributed by atoms with Crippen molar-refractivity contribution in [2.24, 2.45) is 0 Å². The molecule has 114 valence electrons. The number of likely N-dealkylation sites (N-methyl/N-ethyl adjacent to an activating group) is 1. The van der Waals surface area contributed by atoms with Gasteiger partial charge in [0.25, 0.3) is 0 Å². The lowest BCUT2D eigenvalue weighted by Gasteiger charge is -2.32. The molecule has 0 spiro atoms. The van der Waals surface area contributed by atoms with E-state index in [4.69, 9.17) is 0 Å². The van der Waals surface area contributed by atoms with Gasteiger partial charge in [-0.1, -0.05) is 24.3 Å². The van der Waals surface area contributed by atoms with Gasteiger partial charge in [-0.3, -0.25) is 4.90 Å². The molecule has 1 aromatic carbocycles. The normalized spacial score (nSPS) is 14.1. The number of aryl methyl sites for hydroxylation is 1. The van der Waals surface area contributed by atoms with Gasteiger partial charge in [-0.05, 0) is 38.9 Å². The van der Waals surface area contributed by atoms with Gasteiger partial charge in [-0.15, -0.1) is 0 Å². The minimum absolute atomic E-state index is 0.110. The second-order valence-electron chi connectivity index (χ2n) is 5.34. The molecule has 1 N–H and O–H groups in total. The van der Waals surface area contributed by atoms with Crippen molar-refractivity contribution in [3.05, 3.63) is 35.4 Å². The Hall–Kier alpha value is -1.07. The number of hydrogen-bond donors (Lipinski definition) is 1. The Bertz CT molecular complexity index is 416. The summed E-state index contributed by atoms with van der Waals surface area (Å²) in [6.45, 7) is 5.00. The Morgan fingerprint density at radius 3 is 2.25 bits per heavy atom. The monoisotopic (exact) mass is 288 g/mol. The Kier molecular flexibility index (Phi) is 6.02. The van der Waals surface area contributed by atoms with Crippen LogP contribution in [0.15, 0.2) is 24.3 Å². The highest BCUT2D eigenvalue weighted by molar-refractivity contribution is 5.29. The van der Waals surface area contributed by atoms with Crippen LogP contribution in [0.2, 0.25) is 0 Å². The van der Waals surface area contributed by atoms with Crippen LogP contribution in [-0.4, -0.2) is 37.3 Å². The Morgan fingerprint density at radius 2 is 1.80 bits per heavy atom. The summed E-state index contributed by atoms with van der Waals surface area (Å²) in [6.07, 6.45) is -4.17. The quantitative estimate of drug-likeness (QED) is 0.861. The Morgan fingerprint density at radius 1 is 1.20 bits per heavy atom. The molecule has 1 unspecified atom stereocenters. The zero-order valence-corrected chi connectivity index (χ0v) is 12.5. The van der Waals surface area contributed by atoms with E-state index in [-0.39, 0.29) is 12.1 Å². The fraction of sp³-hybridized carbons (Fsp3) is 0.600. The van der Waals surface area contributed by atoms with Crippen LogP contribution in [0.5, 0.6) is 0 Å². The molecular weight excluding hydrogens is 265 g/mol. The molecule has 0 aliphatic rings. The van der Waals surface area contributed by atoms with Crippen molar-refractivity contribution in [3.63, 3.8) is 0 Å². The van der Waals surface area contributed by atoms with Gasteiger partial charge in [0, 0.05) is 18.6 Å². The largest absolute Gasteiger partial charge is 0.401 e. The minimum Gasteiger partial charge on any atom is -0.312 e. The number of nitrogens with one attached hydrogen (secondary N) is 1. The van der Waals surface area contributed by atoms with E-state index in [1.54, 1.807) is 20.9 Å². The van der Waals surface area contributed by atoms with E-state index < -0.39 is 12.7 Å². The fourth-order valence-corrected chi connectivity index (χ4v) is 2.25. The Balaban J connectivity index is 2.87. The Labute approximate surface area is 119 Å². The van der Waals surface area contributed by atoms with Crippen LogP contribution < -0.4 is 5.32 Å². The average molecular weight is 288 g/mol. The number of hydrogen-bond acceptors (Lipinski definition) is 2. The standard InChI is InChI=1S/C15H23F3N2/c1-11(2)20(10-15(16,17)18)9-14(19-4)13-8-6-5-7-12(13)3/h5-8,11,14,19H,9-10H2,1-4H3. The molecule has 2 nitrogen and oxygen atoms in total. The minimum atomic E-state index is -4.17. The molecule has 5 heteroatoms. The molecule has 0 fully saturated rings. The first-order valence-corrected chi connectivity index (χ1v) is 6.78. The fourth-order valence-electron chi connectivity index (χ4n) is 2.25. The van der Waals surface area contributed by atoms with Gasteiger partial charge < -0.3 is 5.32 Å². The van der Waals surface area contributed by atoms with Crippen LogP contribution in [0.1, 0.15) is 31.0 Å². The molecule has 0 saturated carbocycles. The number of rotatable bonds is 6. The molecule has 1 aromatic rings. The van der Waals surface area contributed by atoms with Crippen molar-refractivity contribution in [3.8, 4) is 0 Å². The lowest BCUT2D eigenvalue weighted by atomic mass is 10.0. The number of alkyl halides is 3. The van der Waals surface area contributed by atoms with Gasteiger partial charge >= 0.3 is 6.18 Å². The molecule has 0 amide bonds. The average Bonchev–Trinajstić information content (AvgIpc) is 2.34. The second-order valence-corrected chi connectivity index (χ2v) is 5.34. The lowest BCUT2D eigenvalue weighted by Crippen LogP contribution is -2.43. The van der Waals surface area contributed by atoms with Crippen LogP contribution in [-0.2, 0) is 0 Å². The summed E-state index contributed by atoms with van der Waals surface area (Å²) in [5.74, 6) is 0. The van der Waals surface area contributed by atoms with Crippen molar-refractivity contribution in [1.82, 2.24) is 10.2 Å². The SMILES string of the molecule is CNC(CN(CC(F)(F)F)C(C)C)c1ccccc1C. The molecule has 0 aliphatic carbocycles. The summed E-state index contributed by atoms with van der Waals surface area (Å²) in [7, 11) is 1.78. The molecule has 0 radical (unpaired) electrons. The van der Waals surface area contributed by atoms with Gasteiger partial charge in [0.15, 0.2) is 0 Å².